The molecule has 1 aromatic carbocycles. The Bertz CT molecular complexity index is 521. The van der Waals surface area contributed by atoms with E-state index in [1.165, 1.54) is 5.56 Å². The number of carbonyl (C=O) groups excluding carboxylic acids is 2. The number of hydrogen-bond donors (Lipinski definition) is 3. The lowest BCUT2D eigenvalue weighted by atomic mass is 10.0. The third kappa shape index (κ3) is 4.46. The number of likely N-dealkylation sites (tertiary alicyclic amines) is 1. The molecule has 3 amide bonds. The van der Waals surface area contributed by atoms with Crippen molar-refractivity contribution in [3.05, 3.63) is 29.8 Å². The smallest absolute Gasteiger partial charge is 0.318 e. The van der Waals surface area contributed by atoms with E-state index >= 15 is 0 Å². The standard InChI is InChI=1S/C16H24N4O2/c1-11-3-5-13(6-4-11)18-14-7-9-20(10-8-14)12(2)15(21)19-16(17)22/h3-6,12,14,18H,7-10H2,1-2H3,(H3,17,19,21,22). The fourth-order valence-corrected chi connectivity index (χ4v) is 2.71. The second kappa shape index (κ2) is 7.26. The van der Waals surface area contributed by atoms with E-state index in [0.29, 0.717) is 6.04 Å². The van der Waals surface area contributed by atoms with Gasteiger partial charge in [-0.05, 0) is 38.8 Å². The van der Waals surface area contributed by atoms with Gasteiger partial charge in [0.1, 0.15) is 0 Å². The summed E-state index contributed by atoms with van der Waals surface area (Å²) in [5.74, 6) is -0.336. The molecule has 0 aliphatic carbocycles. The fourth-order valence-electron chi connectivity index (χ4n) is 2.71. The van der Waals surface area contributed by atoms with Gasteiger partial charge in [-0.3, -0.25) is 15.0 Å². The zero-order valence-corrected chi connectivity index (χ0v) is 13.1. The number of benzene rings is 1. The van der Waals surface area contributed by atoms with Crippen molar-refractivity contribution in [1.82, 2.24) is 10.2 Å². The van der Waals surface area contributed by atoms with Gasteiger partial charge in [-0.25, -0.2) is 4.79 Å². The van der Waals surface area contributed by atoms with Crippen LogP contribution in [0, 0.1) is 6.92 Å². The summed E-state index contributed by atoms with van der Waals surface area (Å²) in [5, 5.41) is 5.67. The van der Waals surface area contributed by atoms with Crippen LogP contribution in [0.2, 0.25) is 0 Å². The number of carbonyl (C=O) groups is 2. The molecule has 120 valence electrons. The summed E-state index contributed by atoms with van der Waals surface area (Å²) in [6, 6.07) is 7.63. The van der Waals surface area contributed by atoms with E-state index in [4.69, 9.17) is 5.73 Å². The van der Waals surface area contributed by atoms with Gasteiger partial charge in [0.25, 0.3) is 0 Å². The molecule has 1 atom stereocenters. The first kappa shape index (κ1) is 16.3. The number of piperidine rings is 1. The summed E-state index contributed by atoms with van der Waals surface area (Å²) in [4.78, 5) is 24.6. The van der Waals surface area contributed by atoms with E-state index in [2.05, 4.69) is 46.7 Å². The van der Waals surface area contributed by atoms with Crippen molar-refractivity contribution in [2.45, 2.75) is 38.8 Å². The lowest BCUT2D eigenvalue weighted by Crippen LogP contribution is -2.51. The Morgan fingerprint density at radius 2 is 1.82 bits per heavy atom. The Labute approximate surface area is 131 Å². The molecule has 1 aliphatic heterocycles. The highest BCUT2D eigenvalue weighted by Gasteiger charge is 2.27. The minimum absolute atomic E-state index is 0.336. The highest BCUT2D eigenvalue weighted by Crippen LogP contribution is 2.18. The van der Waals surface area contributed by atoms with Crippen molar-refractivity contribution in [2.75, 3.05) is 18.4 Å². The maximum absolute atomic E-state index is 11.8. The number of primary amides is 1. The van der Waals surface area contributed by atoms with Gasteiger partial charge in [-0.1, -0.05) is 17.7 Å². The number of amides is 3. The molecule has 6 heteroatoms. The van der Waals surface area contributed by atoms with Crippen molar-refractivity contribution in [1.29, 1.82) is 0 Å². The summed E-state index contributed by atoms with van der Waals surface area (Å²) >= 11 is 0. The SMILES string of the molecule is Cc1ccc(NC2CCN(C(C)C(=O)NC(N)=O)CC2)cc1. The first-order valence-corrected chi connectivity index (χ1v) is 7.63. The molecular formula is C16H24N4O2. The number of hydrogen-bond acceptors (Lipinski definition) is 4. The molecule has 1 heterocycles. The minimum Gasteiger partial charge on any atom is -0.382 e. The average Bonchev–Trinajstić information content (AvgIpc) is 2.49. The maximum atomic E-state index is 11.8. The average molecular weight is 304 g/mol. The molecule has 1 unspecified atom stereocenters. The number of nitrogens with two attached hydrogens (primary N) is 1. The summed E-state index contributed by atoms with van der Waals surface area (Å²) in [6.07, 6.45) is 1.92. The van der Waals surface area contributed by atoms with Gasteiger partial charge in [0.2, 0.25) is 5.91 Å². The molecule has 1 aromatic rings. The van der Waals surface area contributed by atoms with Crippen molar-refractivity contribution in [3.8, 4) is 0 Å². The molecule has 0 aromatic heterocycles. The van der Waals surface area contributed by atoms with Crippen LogP contribution in [0.1, 0.15) is 25.3 Å². The van der Waals surface area contributed by atoms with E-state index in [1.54, 1.807) is 6.92 Å². The second-order valence-corrected chi connectivity index (χ2v) is 5.85. The molecule has 1 aliphatic rings. The van der Waals surface area contributed by atoms with Gasteiger partial charge in [-0.15, -0.1) is 0 Å². The third-order valence-corrected chi connectivity index (χ3v) is 4.13. The lowest BCUT2D eigenvalue weighted by molar-refractivity contribution is -0.125. The largest absolute Gasteiger partial charge is 0.382 e. The Morgan fingerprint density at radius 3 is 2.36 bits per heavy atom. The van der Waals surface area contributed by atoms with Crippen LogP contribution in [0.15, 0.2) is 24.3 Å². The second-order valence-electron chi connectivity index (χ2n) is 5.85. The van der Waals surface area contributed by atoms with Crippen LogP contribution in [0.4, 0.5) is 10.5 Å². The van der Waals surface area contributed by atoms with Crippen molar-refractivity contribution in [2.24, 2.45) is 5.73 Å². The number of anilines is 1. The van der Waals surface area contributed by atoms with Crippen LogP contribution >= 0.6 is 0 Å². The highest BCUT2D eigenvalue weighted by molar-refractivity contribution is 5.96. The Hall–Kier alpha value is -2.08. The molecule has 22 heavy (non-hydrogen) atoms. The predicted molar refractivity (Wildman–Crippen MR) is 86.6 cm³/mol. The van der Waals surface area contributed by atoms with Crippen molar-refractivity contribution < 1.29 is 9.59 Å². The zero-order chi connectivity index (χ0) is 16.1. The number of nitrogens with zero attached hydrogens (tertiary/aromatic N) is 1. The predicted octanol–water partition coefficient (Wildman–Crippen LogP) is 1.45. The number of imide groups is 1. The quantitative estimate of drug-likeness (QED) is 0.786. The van der Waals surface area contributed by atoms with Gasteiger partial charge < -0.3 is 11.1 Å². The lowest BCUT2D eigenvalue weighted by Gasteiger charge is -2.35. The molecule has 2 rings (SSSR count). The van der Waals surface area contributed by atoms with Crippen molar-refractivity contribution >= 4 is 17.6 Å². The number of nitrogens with one attached hydrogen (secondary N) is 2. The summed E-state index contributed by atoms with van der Waals surface area (Å²) < 4.78 is 0. The monoisotopic (exact) mass is 304 g/mol. The van der Waals surface area contributed by atoms with E-state index in [1.807, 2.05) is 0 Å². The molecule has 0 bridgehead atoms. The normalized spacial score (nSPS) is 17.7. The zero-order valence-electron chi connectivity index (χ0n) is 13.1. The molecular weight excluding hydrogens is 280 g/mol. The van der Waals surface area contributed by atoms with Crippen LogP contribution in [0.3, 0.4) is 0 Å². The Balaban J connectivity index is 1.81. The molecule has 1 fully saturated rings. The van der Waals surface area contributed by atoms with Gasteiger partial charge in [0.05, 0.1) is 6.04 Å². The van der Waals surface area contributed by atoms with Crippen molar-refractivity contribution in [3.63, 3.8) is 0 Å². The van der Waals surface area contributed by atoms with E-state index in [-0.39, 0.29) is 11.9 Å². The first-order valence-electron chi connectivity index (χ1n) is 7.63. The first-order chi connectivity index (χ1) is 10.5. The van der Waals surface area contributed by atoms with E-state index < -0.39 is 6.03 Å². The number of aryl methyl sites for hydroxylation is 1. The van der Waals surface area contributed by atoms with E-state index in [0.717, 1.165) is 31.6 Å². The number of urea groups is 1. The van der Waals surface area contributed by atoms with Crippen LogP contribution in [0.25, 0.3) is 0 Å². The highest BCUT2D eigenvalue weighted by atomic mass is 16.2. The van der Waals surface area contributed by atoms with Crippen LogP contribution in [-0.2, 0) is 4.79 Å². The number of rotatable bonds is 4. The van der Waals surface area contributed by atoms with Gasteiger partial charge in [0, 0.05) is 24.8 Å². The molecule has 0 spiro atoms. The topological polar surface area (TPSA) is 87.5 Å². The van der Waals surface area contributed by atoms with Crippen LogP contribution in [0.5, 0.6) is 0 Å². The fraction of sp³-hybridized carbons (Fsp3) is 0.500. The minimum atomic E-state index is -0.798. The van der Waals surface area contributed by atoms with E-state index in [9.17, 15) is 9.59 Å². The summed E-state index contributed by atoms with van der Waals surface area (Å²) in [6.45, 7) is 5.50. The Kier molecular flexibility index (Phi) is 5.38. The molecule has 4 N–H and O–H groups in total. The summed E-state index contributed by atoms with van der Waals surface area (Å²) in [7, 11) is 0. The molecule has 0 saturated carbocycles. The van der Waals surface area contributed by atoms with Crippen LogP contribution < -0.4 is 16.4 Å². The van der Waals surface area contributed by atoms with Gasteiger partial charge in [-0.2, -0.15) is 0 Å². The maximum Gasteiger partial charge on any atom is 0.318 e. The molecule has 0 radical (unpaired) electrons. The van der Waals surface area contributed by atoms with Crippen LogP contribution in [-0.4, -0.2) is 42.0 Å². The molecule has 6 nitrogen and oxygen atoms in total. The Morgan fingerprint density at radius 1 is 1.23 bits per heavy atom. The molecule has 1 saturated heterocycles. The summed E-state index contributed by atoms with van der Waals surface area (Å²) in [5.41, 5.74) is 7.35. The van der Waals surface area contributed by atoms with Gasteiger partial charge >= 0.3 is 6.03 Å². The van der Waals surface area contributed by atoms with Gasteiger partial charge in [0.15, 0.2) is 0 Å². The third-order valence-electron chi connectivity index (χ3n) is 4.13.